The molecule has 2 heterocycles. The molecule has 0 fully saturated rings. The minimum atomic E-state index is 0.469. The molecule has 56 valence electrons. The van der Waals surface area contributed by atoms with Gasteiger partial charge < -0.3 is 5.73 Å². The standard InChI is InChI=1S/C6H4ClN3S/c7-5-4-3(1-2-9-5)10-6(8)11-4/h1-2H,(H2,8,10). The van der Waals surface area contributed by atoms with Gasteiger partial charge in [-0.1, -0.05) is 22.9 Å². The number of pyridine rings is 1. The molecule has 0 saturated heterocycles. The largest absolute Gasteiger partial charge is 0.375 e. The molecule has 0 radical (unpaired) electrons. The van der Waals surface area contributed by atoms with Gasteiger partial charge in [0.25, 0.3) is 0 Å². The fourth-order valence-electron chi connectivity index (χ4n) is 0.842. The molecule has 0 bridgehead atoms. The first-order chi connectivity index (χ1) is 5.27. The molecule has 0 aliphatic heterocycles. The van der Waals surface area contributed by atoms with Crippen LogP contribution in [0.25, 0.3) is 10.2 Å². The van der Waals surface area contributed by atoms with Crippen LogP contribution in [-0.2, 0) is 0 Å². The lowest BCUT2D eigenvalue weighted by molar-refractivity contribution is 1.36. The highest BCUT2D eigenvalue weighted by Crippen LogP contribution is 2.28. The predicted molar refractivity (Wildman–Crippen MR) is 46.8 cm³/mol. The van der Waals surface area contributed by atoms with Crippen molar-refractivity contribution in [2.45, 2.75) is 0 Å². The van der Waals surface area contributed by atoms with Gasteiger partial charge in [0.15, 0.2) is 5.13 Å². The third kappa shape index (κ3) is 1.04. The summed E-state index contributed by atoms with van der Waals surface area (Å²) >= 11 is 7.13. The van der Waals surface area contributed by atoms with Crippen molar-refractivity contribution in [3.8, 4) is 0 Å². The summed E-state index contributed by atoms with van der Waals surface area (Å²) in [6.07, 6.45) is 1.61. The van der Waals surface area contributed by atoms with E-state index in [0.29, 0.717) is 10.3 Å². The third-order valence-electron chi connectivity index (χ3n) is 1.28. The predicted octanol–water partition coefficient (Wildman–Crippen LogP) is 1.93. The summed E-state index contributed by atoms with van der Waals surface area (Å²) in [4.78, 5) is 7.95. The normalized spacial score (nSPS) is 10.6. The van der Waals surface area contributed by atoms with Crippen LogP contribution in [0.4, 0.5) is 5.13 Å². The van der Waals surface area contributed by atoms with Gasteiger partial charge in [-0.2, -0.15) is 0 Å². The van der Waals surface area contributed by atoms with Crippen LogP contribution in [0.2, 0.25) is 5.15 Å². The second kappa shape index (κ2) is 2.32. The summed E-state index contributed by atoms with van der Waals surface area (Å²) in [7, 11) is 0. The van der Waals surface area contributed by atoms with Crippen molar-refractivity contribution < 1.29 is 0 Å². The van der Waals surface area contributed by atoms with Gasteiger partial charge in [-0.25, -0.2) is 9.97 Å². The van der Waals surface area contributed by atoms with E-state index in [1.807, 2.05) is 0 Å². The quantitative estimate of drug-likeness (QED) is 0.638. The third-order valence-corrected chi connectivity index (χ3v) is 2.58. The van der Waals surface area contributed by atoms with Crippen molar-refractivity contribution in [1.82, 2.24) is 9.97 Å². The molecule has 3 nitrogen and oxygen atoms in total. The topological polar surface area (TPSA) is 51.8 Å². The molecule has 0 atom stereocenters. The van der Waals surface area contributed by atoms with Crippen molar-refractivity contribution in [1.29, 1.82) is 0 Å². The van der Waals surface area contributed by atoms with Crippen molar-refractivity contribution in [2.75, 3.05) is 5.73 Å². The van der Waals surface area contributed by atoms with Crippen molar-refractivity contribution >= 4 is 38.3 Å². The first-order valence-corrected chi connectivity index (χ1v) is 4.13. The van der Waals surface area contributed by atoms with Gasteiger partial charge in [-0.15, -0.1) is 0 Å². The Kier molecular flexibility index (Phi) is 1.44. The second-order valence-electron chi connectivity index (χ2n) is 2.00. The molecule has 0 spiro atoms. The molecule has 0 saturated carbocycles. The summed E-state index contributed by atoms with van der Waals surface area (Å²) in [5.41, 5.74) is 6.29. The SMILES string of the molecule is Nc1nc2ccnc(Cl)c2s1. The van der Waals surface area contributed by atoms with Crippen LogP contribution in [0.3, 0.4) is 0 Å². The number of hydrogen-bond donors (Lipinski definition) is 1. The van der Waals surface area contributed by atoms with E-state index in [1.54, 1.807) is 12.3 Å². The lowest BCUT2D eigenvalue weighted by Crippen LogP contribution is -1.79. The van der Waals surface area contributed by atoms with Crippen LogP contribution in [0.15, 0.2) is 12.3 Å². The Hall–Kier alpha value is -0.870. The number of nitrogens with zero attached hydrogens (tertiary/aromatic N) is 2. The van der Waals surface area contributed by atoms with Gasteiger partial charge in [-0.05, 0) is 6.07 Å². The molecule has 0 unspecified atom stereocenters. The number of aromatic nitrogens is 2. The molecule has 2 aromatic rings. The first-order valence-electron chi connectivity index (χ1n) is 2.94. The van der Waals surface area contributed by atoms with Crippen LogP contribution in [0.1, 0.15) is 0 Å². The molecule has 0 aromatic carbocycles. The van der Waals surface area contributed by atoms with Gasteiger partial charge in [0.05, 0.1) is 10.2 Å². The van der Waals surface area contributed by atoms with Gasteiger partial charge in [-0.3, -0.25) is 0 Å². The molecule has 2 rings (SSSR count). The van der Waals surface area contributed by atoms with Gasteiger partial charge >= 0.3 is 0 Å². The summed E-state index contributed by atoms with van der Waals surface area (Å²) < 4.78 is 0.853. The fourth-order valence-corrected chi connectivity index (χ4v) is 1.82. The minimum Gasteiger partial charge on any atom is -0.375 e. The van der Waals surface area contributed by atoms with E-state index in [2.05, 4.69) is 9.97 Å². The molecule has 0 amide bonds. The molecular weight excluding hydrogens is 182 g/mol. The Morgan fingerprint density at radius 3 is 3.09 bits per heavy atom. The lowest BCUT2D eigenvalue weighted by Gasteiger charge is -1.86. The van der Waals surface area contributed by atoms with Crippen molar-refractivity contribution in [2.24, 2.45) is 0 Å². The summed E-state index contributed by atoms with van der Waals surface area (Å²) in [6.45, 7) is 0. The zero-order valence-corrected chi connectivity index (χ0v) is 6.99. The smallest absolute Gasteiger partial charge is 0.181 e. The molecule has 11 heavy (non-hydrogen) atoms. The van der Waals surface area contributed by atoms with Gasteiger partial charge in [0.2, 0.25) is 0 Å². The van der Waals surface area contributed by atoms with Crippen LogP contribution >= 0.6 is 22.9 Å². The number of anilines is 1. The number of rotatable bonds is 0. The monoisotopic (exact) mass is 185 g/mol. The van der Waals surface area contributed by atoms with Crippen molar-refractivity contribution in [3.05, 3.63) is 17.4 Å². The van der Waals surface area contributed by atoms with E-state index >= 15 is 0 Å². The van der Waals surface area contributed by atoms with Crippen LogP contribution in [-0.4, -0.2) is 9.97 Å². The Balaban J connectivity index is 2.90. The fraction of sp³-hybridized carbons (Fsp3) is 0. The lowest BCUT2D eigenvalue weighted by atomic mass is 10.4. The Bertz CT molecular complexity index is 398. The highest BCUT2D eigenvalue weighted by atomic mass is 35.5. The highest BCUT2D eigenvalue weighted by Gasteiger charge is 2.03. The summed E-state index contributed by atoms with van der Waals surface area (Å²) in [5.74, 6) is 0. The van der Waals surface area contributed by atoms with Gasteiger partial charge in [0, 0.05) is 6.20 Å². The van der Waals surface area contributed by atoms with Crippen molar-refractivity contribution in [3.63, 3.8) is 0 Å². The molecule has 5 heteroatoms. The van der Waals surface area contributed by atoms with E-state index in [-0.39, 0.29) is 0 Å². The number of thiazole rings is 1. The van der Waals surface area contributed by atoms with E-state index in [0.717, 1.165) is 10.2 Å². The second-order valence-corrected chi connectivity index (χ2v) is 3.39. The molecule has 2 N–H and O–H groups in total. The molecule has 0 aliphatic carbocycles. The zero-order chi connectivity index (χ0) is 7.84. The zero-order valence-electron chi connectivity index (χ0n) is 5.41. The average molecular weight is 186 g/mol. The molecule has 0 aliphatic rings. The minimum absolute atomic E-state index is 0.469. The Morgan fingerprint density at radius 2 is 2.36 bits per heavy atom. The van der Waals surface area contributed by atoms with E-state index in [1.165, 1.54) is 11.3 Å². The maximum Gasteiger partial charge on any atom is 0.181 e. The summed E-state index contributed by atoms with van der Waals surface area (Å²) in [5, 5.41) is 0.992. The number of hydrogen-bond acceptors (Lipinski definition) is 4. The number of nitrogens with two attached hydrogens (primary N) is 1. The Labute approximate surface area is 71.8 Å². The van der Waals surface area contributed by atoms with E-state index < -0.39 is 0 Å². The van der Waals surface area contributed by atoms with Crippen LogP contribution in [0, 0.1) is 0 Å². The highest BCUT2D eigenvalue weighted by molar-refractivity contribution is 7.22. The number of nitrogen functional groups attached to an aromatic ring is 1. The average Bonchev–Trinajstić information content (AvgIpc) is 2.31. The Morgan fingerprint density at radius 1 is 1.55 bits per heavy atom. The maximum atomic E-state index is 5.77. The number of fused-ring (bicyclic) bond motifs is 1. The van der Waals surface area contributed by atoms with E-state index in [4.69, 9.17) is 17.3 Å². The van der Waals surface area contributed by atoms with Crippen LogP contribution in [0.5, 0.6) is 0 Å². The summed E-state index contributed by atoms with van der Waals surface area (Å²) in [6, 6.07) is 1.79. The van der Waals surface area contributed by atoms with E-state index in [9.17, 15) is 0 Å². The number of halogens is 1. The van der Waals surface area contributed by atoms with Crippen LogP contribution < -0.4 is 5.73 Å². The first kappa shape index (κ1) is 6.82. The molecular formula is C6H4ClN3S. The molecule has 2 aromatic heterocycles. The van der Waals surface area contributed by atoms with Gasteiger partial charge in [0.1, 0.15) is 5.15 Å². The maximum absolute atomic E-state index is 5.77.